The van der Waals surface area contributed by atoms with Gasteiger partial charge in [0.2, 0.25) is 11.8 Å². The number of alkyl halides is 3. The number of carbonyl (C=O) groups is 2. The standard InChI is InChI=1S/C18H14ClF3N2O3/c19-12-5-1-3-7-14(12)24-10-11(9-16(24)25)17(26)23-13-6-2-4-8-15(13)27-18(20,21)22/h1-8,11H,9-10H2,(H,23,26). The Bertz CT molecular complexity index is 873. The van der Waals surface area contributed by atoms with E-state index in [9.17, 15) is 22.8 Å². The lowest BCUT2D eigenvalue weighted by Gasteiger charge is -2.18. The highest BCUT2D eigenvalue weighted by molar-refractivity contribution is 6.33. The lowest BCUT2D eigenvalue weighted by molar-refractivity contribution is -0.274. The van der Waals surface area contributed by atoms with Crippen LogP contribution in [-0.2, 0) is 9.59 Å². The molecule has 2 amide bonds. The molecule has 2 aromatic rings. The van der Waals surface area contributed by atoms with E-state index >= 15 is 0 Å². The van der Waals surface area contributed by atoms with Crippen LogP contribution in [-0.4, -0.2) is 24.7 Å². The van der Waals surface area contributed by atoms with Gasteiger partial charge in [-0.15, -0.1) is 13.2 Å². The van der Waals surface area contributed by atoms with Gasteiger partial charge in [0.05, 0.1) is 22.3 Å². The van der Waals surface area contributed by atoms with Crippen LogP contribution in [0.1, 0.15) is 6.42 Å². The third kappa shape index (κ3) is 4.51. The smallest absolute Gasteiger partial charge is 0.404 e. The van der Waals surface area contributed by atoms with E-state index in [-0.39, 0.29) is 24.6 Å². The van der Waals surface area contributed by atoms with Gasteiger partial charge in [-0.1, -0.05) is 35.9 Å². The monoisotopic (exact) mass is 398 g/mol. The number of nitrogens with one attached hydrogen (secondary N) is 1. The van der Waals surface area contributed by atoms with Crippen molar-refractivity contribution in [2.45, 2.75) is 12.8 Å². The highest BCUT2D eigenvalue weighted by Gasteiger charge is 2.37. The molecule has 1 unspecified atom stereocenters. The summed E-state index contributed by atoms with van der Waals surface area (Å²) in [6, 6.07) is 11.9. The van der Waals surface area contributed by atoms with Crippen molar-refractivity contribution in [3.8, 4) is 5.75 Å². The van der Waals surface area contributed by atoms with Gasteiger partial charge in [-0.3, -0.25) is 9.59 Å². The number of hydrogen-bond donors (Lipinski definition) is 1. The Morgan fingerprint density at radius 1 is 1.15 bits per heavy atom. The summed E-state index contributed by atoms with van der Waals surface area (Å²) in [5.41, 5.74) is 0.365. The summed E-state index contributed by atoms with van der Waals surface area (Å²) in [7, 11) is 0. The molecule has 1 saturated heterocycles. The molecule has 3 rings (SSSR count). The zero-order chi connectivity index (χ0) is 19.6. The van der Waals surface area contributed by atoms with Crippen molar-refractivity contribution >= 4 is 34.8 Å². The maximum atomic E-state index is 12.5. The van der Waals surface area contributed by atoms with Crippen molar-refractivity contribution in [1.82, 2.24) is 0 Å². The minimum absolute atomic E-state index is 0.0701. The summed E-state index contributed by atoms with van der Waals surface area (Å²) >= 11 is 6.09. The largest absolute Gasteiger partial charge is 0.573 e. The van der Waals surface area contributed by atoms with Gasteiger partial charge in [0.25, 0.3) is 0 Å². The zero-order valence-electron chi connectivity index (χ0n) is 13.8. The number of ether oxygens (including phenoxy) is 1. The van der Waals surface area contributed by atoms with E-state index in [4.69, 9.17) is 11.6 Å². The van der Waals surface area contributed by atoms with Gasteiger partial charge >= 0.3 is 6.36 Å². The average Bonchev–Trinajstić information content (AvgIpc) is 2.97. The third-order valence-corrected chi connectivity index (χ3v) is 4.33. The first-order valence-electron chi connectivity index (χ1n) is 7.95. The molecule has 5 nitrogen and oxygen atoms in total. The van der Waals surface area contributed by atoms with Crippen molar-refractivity contribution < 1.29 is 27.5 Å². The normalized spacial score (nSPS) is 17.1. The molecule has 27 heavy (non-hydrogen) atoms. The van der Waals surface area contributed by atoms with Crippen molar-refractivity contribution in [2.75, 3.05) is 16.8 Å². The van der Waals surface area contributed by atoms with Gasteiger partial charge in [0.1, 0.15) is 0 Å². The summed E-state index contributed by atoms with van der Waals surface area (Å²) in [6.45, 7) is 0.0801. The van der Waals surface area contributed by atoms with Crippen LogP contribution < -0.4 is 15.0 Å². The Kier molecular flexibility index (Phi) is 5.27. The molecule has 9 heteroatoms. The first-order chi connectivity index (χ1) is 12.7. The fourth-order valence-electron chi connectivity index (χ4n) is 2.81. The van der Waals surface area contributed by atoms with Crippen LogP contribution >= 0.6 is 11.6 Å². The van der Waals surface area contributed by atoms with Gasteiger partial charge in [0, 0.05) is 13.0 Å². The number of hydrogen-bond acceptors (Lipinski definition) is 3. The molecule has 0 saturated carbocycles. The quantitative estimate of drug-likeness (QED) is 0.838. The predicted molar refractivity (Wildman–Crippen MR) is 93.7 cm³/mol. The van der Waals surface area contributed by atoms with Crippen LogP contribution in [0.15, 0.2) is 48.5 Å². The Hall–Kier alpha value is -2.74. The molecule has 1 heterocycles. The Balaban J connectivity index is 1.73. The summed E-state index contributed by atoms with van der Waals surface area (Å²) in [6.07, 6.45) is -4.95. The summed E-state index contributed by atoms with van der Waals surface area (Å²) < 4.78 is 41.4. The topological polar surface area (TPSA) is 58.6 Å². The first-order valence-corrected chi connectivity index (χ1v) is 8.33. The lowest BCUT2D eigenvalue weighted by Crippen LogP contribution is -2.28. The summed E-state index contributed by atoms with van der Waals surface area (Å²) in [5, 5.41) is 2.78. The van der Waals surface area contributed by atoms with Gasteiger partial charge in [0.15, 0.2) is 5.75 Å². The predicted octanol–water partition coefficient (Wildman–Crippen LogP) is 4.23. The second-order valence-electron chi connectivity index (χ2n) is 5.89. The maximum Gasteiger partial charge on any atom is 0.573 e. The summed E-state index contributed by atoms with van der Waals surface area (Å²) in [5.74, 6) is -2.11. The first kappa shape index (κ1) is 19.0. The second kappa shape index (κ2) is 7.48. The van der Waals surface area contributed by atoms with Crippen molar-refractivity contribution in [1.29, 1.82) is 0 Å². The van der Waals surface area contributed by atoms with E-state index in [1.165, 1.54) is 23.1 Å². The molecule has 0 spiro atoms. The fraction of sp³-hybridized carbons (Fsp3) is 0.222. The number of anilines is 2. The van der Waals surface area contributed by atoms with Crippen LogP contribution in [0.4, 0.5) is 24.5 Å². The molecule has 0 aliphatic carbocycles. The highest BCUT2D eigenvalue weighted by Crippen LogP contribution is 2.33. The number of halogens is 4. The molecule has 1 aliphatic rings. The van der Waals surface area contributed by atoms with E-state index in [1.54, 1.807) is 24.3 Å². The van der Waals surface area contributed by atoms with Crippen LogP contribution in [0.25, 0.3) is 0 Å². The zero-order valence-corrected chi connectivity index (χ0v) is 14.6. The molecule has 2 aromatic carbocycles. The van der Waals surface area contributed by atoms with Crippen molar-refractivity contribution in [2.24, 2.45) is 5.92 Å². The van der Waals surface area contributed by atoms with E-state index in [0.29, 0.717) is 10.7 Å². The van der Waals surface area contributed by atoms with Gasteiger partial charge in [-0.2, -0.15) is 0 Å². The molecule has 1 fully saturated rings. The maximum absolute atomic E-state index is 12.5. The van der Waals surface area contributed by atoms with Gasteiger partial charge < -0.3 is 15.0 Å². The van der Waals surface area contributed by atoms with Crippen molar-refractivity contribution in [3.63, 3.8) is 0 Å². The van der Waals surface area contributed by atoms with Crippen LogP contribution in [0, 0.1) is 5.92 Å². The molecule has 1 aliphatic heterocycles. The minimum atomic E-state index is -4.88. The van der Waals surface area contributed by atoms with E-state index in [1.807, 2.05) is 0 Å². The number of carbonyl (C=O) groups excluding carboxylic acids is 2. The molecule has 142 valence electrons. The lowest BCUT2D eigenvalue weighted by atomic mass is 10.1. The van der Waals surface area contributed by atoms with E-state index < -0.39 is 23.9 Å². The van der Waals surface area contributed by atoms with E-state index in [0.717, 1.165) is 6.07 Å². The van der Waals surface area contributed by atoms with Crippen LogP contribution in [0.3, 0.4) is 0 Å². The van der Waals surface area contributed by atoms with Gasteiger partial charge in [-0.25, -0.2) is 0 Å². The summed E-state index contributed by atoms with van der Waals surface area (Å²) in [4.78, 5) is 26.1. The second-order valence-corrected chi connectivity index (χ2v) is 6.30. The minimum Gasteiger partial charge on any atom is -0.404 e. The third-order valence-electron chi connectivity index (χ3n) is 4.01. The molecule has 1 atom stereocenters. The molecule has 1 N–H and O–H groups in total. The van der Waals surface area contributed by atoms with Crippen LogP contribution in [0.2, 0.25) is 5.02 Å². The van der Waals surface area contributed by atoms with E-state index in [2.05, 4.69) is 10.1 Å². The number of para-hydroxylation sites is 3. The number of rotatable bonds is 4. The molecule has 0 radical (unpaired) electrons. The Morgan fingerprint density at radius 3 is 2.52 bits per heavy atom. The van der Waals surface area contributed by atoms with Gasteiger partial charge in [-0.05, 0) is 24.3 Å². The van der Waals surface area contributed by atoms with Crippen LogP contribution in [0.5, 0.6) is 5.75 Å². The number of benzene rings is 2. The SMILES string of the molecule is O=C(Nc1ccccc1OC(F)(F)F)C1CC(=O)N(c2ccccc2Cl)C1. The molecular weight excluding hydrogens is 385 g/mol. The number of amides is 2. The molecule has 0 bridgehead atoms. The molecular formula is C18H14ClF3N2O3. The average molecular weight is 399 g/mol. The Morgan fingerprint density at radius 2 is 1.81 bits per heavy atom. The Labute approximate surface area is 157 Å². The highest BCUT2D eigenvalue weighted by atomic mass is 35.5. The molecule has 0 aromatic heterocycles. The fourth-order valence-corrected chi connectivity index (χ4v) is 3.04. The number of nitrogens with zero attached hydrogens (tertiary/aromatic N) is 1. The van der Waals surface area contributed by atoms with Crippen molar-refractivity contribution in [3.05, 3.63) is 53.6 Å².